The van der Waals surface area contributed by atoms with Gasteiger partial charge in [0.15, 0.2) is 0 Å². The molecule has 1 amide bonds. The second kappa shape index (κ2) is 10.9. The number of hydrogen-bond acceptors (Lipinski definition) is 7. The van der Waals surface area contributed by atoms with Gasteiger partial charge in [-0.05, 0) is 43.0 Å². The fourth-order valence-electron chi connectivity index (χ4n) is 3.82. The summed E-state index contributed by atoms with van der Waals surface area (Å²) in [5, 5.41) is 11.9. The minimum Gasteiger partial charge on any atom is -0.480 e. The number of hydrogen-bond donors (Lipinski definition) is 3. The van der Waals surface area contributed by atoms with Crippen LogP contribution in [0, 0.1) is 0 Å². The number of carbonyl (C=O) groups is 3. The number of ether oxygens (including phenoxy) is 2. The molecule has 2 aromatic rings. The fraction of sp³-hybridized carbons (Fsp3) is 0.308. The van der Waals surface area contributed by atoms with Crippen LogP contribution in [0.1, 0.15) is 44.2 Å². The van der Waals surface area contributed by atoms with E-state index in [1.54, 1.807) is 20.8 Å². The smallest absolute Gasteiger partial charge is 0.407 e. The Morgan fingerprint density at radius 2 is 1.66 bits per heavy atom. The molecule has 0 saturated heterocycles. The number of amides is 1. The van der Waals surface area contributed by atoms with Crippen molar-refractivity contribution in [3.05, 3.63) is 71.6 Å². The Morgan fingerprint density at radius 1 is 1.09 bits per heavy atom. The maximum atomic E-state index is 12.5. The first-order valence-corrected chi connectivity index (χ1v) is 11.1. The van der Waals surface area contributed by atoms with Gasteiger partial charge in [-0.15, -0.1) is 0 Å². The summed E-state index contributed by atoms with van der Waals surface area (Å²) < 4.78 is 10.5. The van der Waals surface area contributed by atoms with E-state index >= 15 is 0 Å². The number of nitrogens with two attached hydrogens (primary N) is 1. The van der Waals surface area contributed by atoms with E-state index in [0.29, 0.717) is 0 Å². The van der Waals surface area contributed by atoms with Crippen LogP contribution in [0.3, 0.4) is 0 Å². The van der Waals surface area contributed by atoms with Crippen LogP contribution in [-0.2, 0) is 19.1 Å². The molecule has 0 saturated carbocycles. The van der Waals surface area contributed by atoms with Crippen molar-refractivity contribution in [2.45, 2.75) is 44.8 Å². The van der Waals surface area contributed by atoms with Crippen LogP contribution < -0.4 is 11.1 Å². The van der Waals surface area contributed by atoms with E-state index in [1.165, 1.54) is 0 Å². The van der Waals surface area contributed by atoms with Crippen LogP contribution >= 0.6 is 0 Å². The number of carbonyl (C=O) groups excluding carboxylic acids is 2. The second-order valence-corrected chi connectivity index (χ2v) is 9.01. The molecule has 9 heteroatoms. The third kappa shape index (κ3) is 6.69. The molecular formula is C26H29N3O6. The van der Waals surface area contributed by atoms with Gasteiger partial charge in [0.25, 0.3) is 0 Å². The number of alkyl carbamates (subject to hydrolysis) is 1. The van der Waals surface area contributed by atoms with Crippen molar-refractivity contribution in [3.8, 4) is 11.1 Å². The van der Waals surface area contributed by atoms with Gasteiger partial charge in [-0.3, -0.25) is 4.99 Å². The Morgan fingerprint density at radius 3 is 2.17 bits per heavy atom. The summed E-state index contributed by atoms with van der Waals surface area (Å²) >= 11 is 0. The zero-order chi connectivity index (χ0) is 25.6. The Bertz CT molecular complexity index is 1120. The first-order chi connectivity index (χ1) is 16.6. The molecule has 0 aliphatic heterocycles. The predicted octanol–water partition coefficient (Wildman–Crippen LogP) is 3.58. The first-order valence-electron chi connectivity index (χ1n) is 11.1. The molecule has 0 radical (unpaired) electrons. The summed E-state index contributed by atoms with van der Waals surface area (Å²) in [7, 11) is 0. The molecule has 0 fully saturated rings. The second-order valence-electron chi connectivity index (χ2n) is 9.01. The summed E-state index contributed by atoms with van der Waals surface area (Å²) in [5.74, 6) is -2.16. The molecule has 1 aliphatic carbocycles. The first kappa shape index (κ1) is 25.5. The van der Waals surface area contributed by atoms with E-state index in [1.807, 2.05) is 48.5 Å². The number of benzene rings is 2. The quantitative estimate of drug-likeness (QED) is 0.388. The number of fused-ring (bicyclic) bond motifs is 3. The number of rotatable bonds is 8. The predicted molar refractivity (Wildman–Crippen MR) is 131 cm³/mol. The van der Waals surface area contributed by atoms with Crippen molar-refractivity contribution in [2.24, 2.45) is 10.7 Å². The molecule has 1 aliphatic rings. The molecule has 0 heterocycles. The van der Waals surface area contributed by atoms with Crippen LogP contribution in [0.4, 0.5) is 4.79 Å². The SMILES string of the molecule is CC(C)(C)OC(=O)C=N/C(=C\N)C[C@@H](NC(=O)OCC1c2ccccc2-c2ccccc21)C(=O)O. The third-order valence-corrected chi connectivity index (χ3v) is 5.28. The Hall–Kier alpha value is -4.14. The summed E-state index contributed by atoms with van der Waals surface area (Å²) in [6, 6.07) is 14.4. The molecule has 0 spiro atoms. The van der Waals surface area contributed by atoms with Crippen LogP contribution in [0.25, 0.3) is 11.1 Å². The lowest BCUT2D eigenvalue weighted by molar-refractivity contribution is -0.145. The van der Waals surface area contributed by atoms with E-state index in [4.69, 9.17) is 15.2 Å². The fourth-order valence-corrected chi connectivity index (χ4v) is 3.82. The van der Waals surface area contributed by atoms with Crippen molar-refractivity contribution < 1.29 is 29.0 Å². The van der Waals surface area contributed by atoms with Crippen molar-refractivity contribution in [2.75, 3.05) is 6.61 Å². The number of carboxylic acids is 1. The van der Waals surface area contributed by atoms with Gasteiger partial charge in [-0.25, -0.2) is 14.4 Å². The average molecular weight is 480 g/mol. The van der Waals surface area contributed by atoms with Gasteiger partial charge in [0.2, 0.25) is 0 Å². The number of nitrogens with zero attached hydrogens (tertiary/aromatic N) is 1. The minimum absolute atomic E-state index is 0.0442. The van der Waals surface area contributed by atoms with Crippen molar-refractivity contribution in [1.82, 2.24) is 5.32 Å². The number of aliphatic carboxylic acids is 1. The molecule has 1 atom stereocenters. The van der Waals surface area contributed by atoms with Crippen molar-refractivity contribution in [1.29, 1.82) is 0 Å². The van der Waals surface area contributed by atoms with Gasteiger partial charge in [-0.1, -0.05) is 48.5 Å². The van der Waals surface area contributed by atoms with Crippen LogP contribution in [0.5, 0.6) is 0 Å². The summed E-state index contributed by atoms with van der Waals surface area (Å²) in [6.07, 6.45) is 0.841. The summed E-state index contributed by atoms with van der Waals surface area (Å²) in [6.45, 7) is 5.16. The molecule has 0 unspecified atom stereocenters. The highest BCUT2D eigenvalue weighted by atomic mass is 16.6. The third-order valence-electron chi connectivity index (χ3n) is 5.28. The zero-order valence-corrected chi connectivity index (χ0v) is 19.9. The van der Waals surface area contributed by atoms with Crippen LogP contribution in [0.15, 0.2) is 65.4 Å². The normalized spacial score (nSPS) is 14.2. The van der Waals surface area contributed by atoms with Gasteiger partial charge in [-0.2, -0.15) is 0 Å². The van der Waals surface area contributed by atoms with Crippen LogP contribution in [0.2, 0.25) is 0 Å². The van der Waals surface area contributed by atoms with Gasteiger partial charge >= 0.3 is 18.0 Å². The highest BCUT2D eigenvalue weighted by Gasteiger charge is 2.30. The number of aliphatic imine (C=N–C) groups is 1. The van der Waals surface area contributed by atoms with E-state index in [-0.39, 0.29) is 24.6 Å². The lowest BCUT2D eigenvalue weighted by Gasteiger charge is -2.18. The molecule has 9 nitrogen and oxygen atoms in total. The number of esters is 1. The maximum Gasteiger partial charge on any atom is 0.407 e. The lowest BCUT2D eigenvalue weighted by Crippen LogP contribution is -2.41. The topological polar surface area (TPSA) is 140 Å². The highest BCUT2D eigenvalue weighted by molar-refractivity contribution is 6.23. The zero-order valence-electron chi connectivity index (χ0n) is 19.9. The minimum atomic E-state index is -1.36. The molecule has 0 aromatic heterocycles. The molecule has 184 valence electrons. The summed E-state index contributed by atoms with van der Waals surface area (Å²) in [5.41, 5.74) is 9.17. The van der Waals surface area contributed by atoms with Gasteiger partial charge < -0.3 is 25.6 Å². The lowest BCUT2D eigenvalue weighted by atomic mass is 9.98. The van der Waals surface area contributed by atoms with Gasteiger partial charge in [0, 0.05) is 18.5 Å². The molecule has 2 aromatic carbocycles. The van der Waals surface area contributed by atoms with Crippen molar-refractivity contribution >= 4 is 24.2 Å². The largest absolute Gasteiger partial charge is 0.480 e. The monoisotopic (exact) mass is 479 g/mol. The average Bonchev–Trinajstić information content (AvgIpc) is 3.12. The highest BCUT2D eigenvalue weighted by Crippen LogP contribution is 2.44. The number of nitrogens with one attached hydrogen (secondary N) is 1. The van der Waals surface area contributed by atoms with Crippen molar-refractivity contribution in [3.63, 3.8) is 0 Å². The molecule has 3 rings (SSSR count). The molecule has 35 heavy (non-hydrogen) atoms. The van der Waals surface area contributed by atoms with E-state index in [9.17, 15) is 19.5 Å². The van der Waals surface area contributed by atoms with E-state index in [2.05, 4.69) is 10.3 Å². The Balaban J connectivity index is 1.62. The number of carboxylic acid groups (broad SMARTS) is 1. The van der Waals surface area contributed by atoms with E-state index < -0.39 is 29.7 Å². The standard InChI is InChI=1S/C26H29N3O6/c1-26(2,3)35-23(30)14-28-16(13-27)12-22(24(31)32)29-25(33)34-15-21-19-10-6-4-8-17(19)18-9-5-7-11-20(18)21/h4-11,13-14,21-22H,12,15,27H2,1-3H3,(H,29,33)(H,31,32)/b16-13-,28-14?/t22-/m1/s1. The molecular weight excluding hydrogens is 450 g/mol. The summed E-state index contributed by atoms with van der Waals surface area (Å²) in [4.78, 5) is 39.9. The van der Waals surface area contributed by atoms with Gasteiger partial charge in [0.1, 0.15) is 24.5 Å². The molecule has 4 N–H and O–H groups in total. The Kier molecular flexibility index (Phi) is 7.91. The molecule has 0 bridgehead atoms. The van der Waals surface area contributed by atoms with E-state index in [0.717, 1.165) is 34.7 Å². The van der Waals surface area contributed by atoms with Gasteiger partial charge in [0.05, 0.1) is 5.70 Å². The Labute approximate surface area is 203 Å². The van der Waals surface area contributed by atoms with Crippen LogP contribution in [-0.4, -0.2) is 47.6 Å². The maximum absolute atomic E-state index is 12.5.